The van der Waals surface area contributed by atoms with Crippen LogP contribution in [0.15, 0.2) is 0 Å². The van der Waals surface area contributed by atoms with Crippen LogP contribution in [0.2, 0.25) is 0 Å². The molecule has 0 unspecified atom stereocenters. The van der Waals surface area contributed by atoms with E-state index < -0.39 is 11.7 Å². The second-order valence-corrected chi connectivity index (χ2v) is 4.89. The fraction of sp³-hybridized carbons (Fsp3) is 0.900. The monoisotopic (exact) mass is 201 g/mol. The van der Waals surface area contributed by atoms with Gasteiger partial charge in [0.2, 0.25) is 0 Å². The summed E-state index contributed by atoms with van der Waals surface area (Å²) in [5.41, 5.74) is -0.459. The number of ether oxygens (including phenoxy) is 1. The Bertz CT molecular complexity index is 220. The van der Waals surface area contributed by atoms with Gasteiger partial charge in [-0.3, -0.25) is 0 Å². The maximum atomic E-state index is 11.3. The number of nitrogens with one attached hydrogen (secondary N) is 1. The smallest absolute Gasteiger partial charge is 0.407 e. The molecule has 1 amide bonds. The topological polar surface area (TPSA) is 58.6 Å². The minimum atomic E-state index is -0.459. The van der Waals surface area contributed by atoms with Gasteiger partial charge in [0.05, 0.1) is 6.10 Å². The number of amides is 1. The van der Waals surface area contributed by atoms with Crippen LogP contribution >= 0.6 is 0 Å². The Morgan fingerprint density at radius 2 is 2.14 bits per heavy atom. The molecule has 14 heavy (non-hydrogen) atoms. The Kier molecular flexibility index (Phi) is 3.04. The zero-order chi connectivity index (χ0) is 10.9. The maximum Gasteiger partial charge on any atom is 0.407 e. The molecule has 82 valence electrons. The lowest BCUT2D eigenvalue weighted by Crippen LogP contribution is -2.35. The van der Waals surface area contributed by atoms with E-state index in [1.807, 2.05) is 20.8 Å². The third-order valence-corrected chi connectivity index (χ3v) is 2.16. The van der Waals surface area contributed by atoms with Crippen molar-refractivity contribution in [1.29, 1.82) is 0 Å². The SMILES string of the molecule is C[C@@H](O)[C@@H]1C[C@H]1NC(=O)OC(C)(C)C. The molecule has 0 radical (unpaired) electrons. The van der Waals surface area contributed by atoms with Crippen LogP contribution in [0, 0.1) is 5.92 Å². The molecule has 4 heteroatoms. The quantitative estimate of drug-likeness (QED) is 0.707. The zero-order valence-corrected chi connectivity index (χ0v) is 9.20. The van der Waals surface area contributed by atoms with E-state index in [4.69, 9.17) is 4.74 Å². The summed E-state index contributed by atoms with van der Waals surface area (Å²) in [6.07, 6.45) is 0.0947. The minimum Gasteiger partial charge on any atom is -0.444 e. The average molecular weight is 201 g/mol. The predicted octanol–water partition coefficient (Wildman–Crippen LogP) is 1.28. The third-order valence-electron chi connectivity index (χ3n) is 2.16. The summed E-state index contributed by atoms with van der Waals surface area (Å²) < 4.78 is 5.08. The van der Waals surface area contributed by atoms with Crippen LogP contribution < -0.4 is 5.32 Å². The Morgan fingerprint density at radius 1 is 1.57 bits per heavy atom. The van der Waals surface area contributed by atoms with E-state index in [0.29, 0.717) is 0 Å². The molecule has 1 rings (SSSR count). The van der Waals surface area contributed by atoms with E-state index in [2.05, 4.69) is 5.32 Å². The molecule has 0 bridgehead atoms. The fourth-order valence-corrected chi connectivity index (χ4v) is 1.37. The normalized spacial score (nSPS) is 28.1. The van der Waals surface area contributed by atoms with Crippen LogP contribution in [-0.2, 0) is 4.74 Å². The number of aliphatic hydroxyl groups excluding tert-OH is 1. The first-order valence-electron chi connectivity index (χ1n) is 4.97. The van der Waals surface area contributed by atoms with Gasteiger partial charge in [0.25, 0.3) is 0 Å². The average Bonchev–Trinajstić information content (AvgIpc) is 2.61. The fourth-order valence-electron chi connectivity index (χ4n) is 1.37. The summed E-state index contributed by atoms with van der Waals surface area (Å²) >= 11 is 0. The summed E-state index contributed by atoms with van der Waals surface area (Å²) in [6, 6.07) is 0.0878. The van der Waals surface area contributed by atoms with Gasteiger partial charge in [0, 0.05) is 12.0 Å². The highest BCUT2D eigenvalue weighted by Gasteiger charge is 2.42. The first-order valence-corrected chi connectivity index (χ1v) is 4.97. The van der Waals surface area contributed by atoms with Gasteiger partial charge < -0.3 is 15.2 Å². The predicted molar refractivity (Wildman–Crippen MR) is 52.9 cm³/mol. The number of alkyl carbamates (subject to hydrolysis) is 1. The lowest BCUT2D eigenvalue weighted by molar-refractivity contribution is 0.0515. The Labute approximate surface area is 84.6 Å². The number of rotatable bonds is 2. The summed E-state index contributed by atoms with van der Waals surface area (Å²) in [5.74, 6) is 0.197. The van der Waals surface area contributed by atoms with E-state index in [0.717, 1.165) is 6.42 Å². The van der Waals surface area contributed by atoms with Crippen molar-refractivity contribution in [3.8, 4) is 0 Å². The van der Waals surface area contributed by atoms with Crippen LogP contribution in [0.5, 0.6) is 0 Å². The van der Waals surface area contributed by atoms with Crippen molar-refractivity contribution in [3.63, 3.8) is 0 Å². The summed E-state index contributed by atoms with van der Waals surface area (Å²) in [6.45, 7) is 7.21. The zero-order valence-electron chi connectivity index (χ0n) is 9.20. The third kappa shape index (κ3) is 3.54. The Hall–Kier alpha value is -0.770. The Balaban J connectivity index is 2.24. The standard InChI is InChI=1S/C10H19NO3/c1-6(12)7-5-8(7)11-9(13)14-10(2,3)4/h6-8,12H,5H2,1-4H3,(H,11,13)/t6-,7+,8-/m1/s1. The van der Waals surface area contributed by atoms with Gasteiger partial charge in [-0.05, 0) is 34.1 Å². The molecule has 4 nitrogen and oxygen atoms in total. The first-order chi connectivity index (χ1) is 6.29. The lowest BCUT2D eigenvalue weighted by atomic mass is 10.2. The van der Waals surface area contributed by atoms with Gasteiger partial charge in [0.1, 0.15) is 5.60 Å². The molecule has 1 saturated carbocycles. The van der Waals surface area contributed by atoms with Gasteiger partial charge in [-0.15, -0.1) is 0 Å². The number of hydrogen-bond acceptors (Lipinski definition) is 3. The van der Waals surface area contributed by atoms with E-state index >= 15 is 0 Å². The van der Waals surface area contributed by atoms with Crippen molar-refractivity contribution in [2.75, 3.05) is 0 Å². The van der Waals surface area contributed by atoms with Crippen molar-refractivity contribution in [1.82, 2.24) is 5.32 Å². The van der Waals surface area contributed by atoms with Crippen LogP contribution in [0.4, 0.5) is 4.79 Å². The van der Waals surface area contributed by atoms with Crippen molar-refractivity contribution in [3.05, 3.63) is 0 Å². The molecule has 0 aromatic rings. The molecule has 0 aromatic carbocycles. The lowest BCUT2D eigenvalue weighted by Gasteiger charge is -2.19. The molecule has 1 aliphatic carbocycles. The number of hydrogen-bond donors (Lipinski definition) is 2. The number of carbonyl (C=O) groups excluding carboxylic acids is 1. The highest BCUT2D eigenvalue weighted by molar-refractivity contribution is 5.68. The Morgan fingerprint density at radius 3 is 2.50 bits per heavy atom. The van der Waals surface area contributed by atoms with E-state index in [-0.39, 0.29) is 18.1 Å². The maximum absolute atomic E-state index is 11.3. The van der Waals surface area contributed by atoms with Crippen LogP contribution in [0.25, 0.3) is 0 Å². The summed E-state index contributed by atoms with van der Waals surface area (Å²) in [5, 5.41) is 11.9. The summed E-state index contributed by atoms with van der Waals surface area (Å²) in [7, 11) is 0. The molecule has 2 N–H and O–H groups in total. The molecule has 1 aliphatic rings. The van der Waals surface area contributed by atoms with Gasteiger partial charge >= 0.3 is 6.09 Å². The van der Waals surface area contributed by atoms with Crippen molar-refractivity contribution >= 4 is 6.09 Å². The van der Waals surface area contributed by atoms with Crippen molar-refractivity contribution in [2.24, 2.45) is 5.92 Å². The molecule has 3 atom stereocenters. The first kappa shape index (κ1) is 11.3. The molecule has 0 saturated heterocycles. The van der Waals surface area contributed by atoms with E-state index in [9.17, 15) is 9.90 Å². The van der Waals surface area contributed by atoms with E-state index in [1.165, 1.54) is 0 Å². The minimum absolute atomic E-state index is 0.0878. The van der Waals surface area contributed by atoms with Gasteiger partial charge in [-0.1, -0.05) is 0 Å². The molecule has 0 heterocycles. The molecule has 0 aromatic heterocycles. The van der Waals surface area contributed by atoms with Crippen molar-refractivity contribution in [2.45, 2.75) is 51.9 Å². The van der Waals surface area contributed by atoms with Gasteiger partial charge in [-0.25, -0.2) is 4.79 Å². The van der Waals surface area contributed by atoms with E-state index in [1.54, 1.807) is 6.92 Å². The summed E-state index contributed by atoms with van der Waals surface area (Å²) in [4.78, 5) is 11.3. The largest absolute Gasteiger partial charge is 0.444 e. The number of aliphatic hydroxyl groups is 1. The van der Waals surface area contributed by atoms with Crippen LogP contribution in [0.1, 0.15) is 34.1 Å². The van der Waals surface area contributed by atoms with Gasteiger partial charge in [0.15, 0.2) is 0 Å². The molecule has 1 fully saturated rings. The number of carbonyl (C=O) groups is 1. The molecular weight excluding hydrogens is 182 g/mol. The van der Waals surface area contributed by atoms with Crippen LogP contribution in [-0.4, -0.2) is 28.9 Å². The second kappa shape index (κ2) is 3.77. The highest BCUT2D eigenvalue weighted by Crippen LogP contribution is 2.33. The van der Waals surface area contributed by atoms with Crippen LogP contribution in [0.3, 0.4) is 0 Å². The second-order valence-electron chi connectivity index (χ2n) is 4.89. The molecule has 0 spiro atoms. The molecule has 0 aliphatic heterocycles. The molecular formula is C10H19NO3. The highest BCUT2D eigenvalue weighted by atomic mass is 16.6. The van der Waals surface area contributed by atoms with Crippen molar-refractivity contribution < 1.29 is 14.6 Å². The van der Waals surface area contributed by atoms with Gasteiger partial charge in [-0.2, -0.15) is 0 Å².